The molecule has 1 atom stereocenters. The fourth-order valence-electron chi connectivity index (χ4n) is 2.57. The van der Waals surface area contributed by atoms with Crippen molar-refractivity contribution in [2.24, 2.45) is 0 Å². The van der Waals surface area contributed by atoms with E-state index >= 15 is 0 Å². The van der Waals surface area contributed by atoms with Crippen LogP contribution in [0, 0.1) is 0 Å². The summed E-state index contributed by atoms with van der Waals surface area (Å²) in [5.74, 6) is 0. The number of hydrogen-bond donors (Lipinski definition) is 0. The van der Waals surface area contributed by atoms with Crippen LogP contribution in [0.5, 0.6) is 0 Å². The lowest BCUT2D eigenvalue weighted by Gasteiger charge is -2.32. The summed E-state index contributed by atoms with van der Waals surface area (Å²) in [4.78, 5) is 14.6. The molecular weight excluding hydrogens is 254 g/mol. The molecule has 1 saturated heterocycles. The van der Waals surface area contributed by atoms with Gasteiger partial charge >= 0.3 is 0 Å². The lowest BCUT2D eigenvalue weighted by atomic mass is 10.2. The average Bonchev–Trinajstić information content (AvgIpc) is 2.50. The Bertz CT molecular complexity index is 653. The Labute approximate surface area is 117 Å². The summed E-state index contributed by atoms with van der Waals surface area (Å²) in [6, 6.07) is 7.57. The number of aromatic nitrogens is 2. The van der Waals surface area contributed by atoms with Gasteiger partial charge in [-0.15, -0.1) is 0 Å². The molecule has 1 aromatic carbocycles. The predicted octanol–water partition coefficient (Wildman–Crippen LogP) is 1.46. The van der Waals surface area contributed by atoms with Crippen LogP contribution in [0.1, 0.15) is 13.3 Å². The van der Waals surface area contributed by atoms with Gasteiger partial charge < -0.3 is 4.74 Å². The SMILES string of the molecule is CC[C@@H]1CN(Cn2ncc3ccccc3c2=O)CCO1. The van der Waals surface area contributed by atoms with Gasteiger partial charge in [-0.2, -0.15) is 5.10 Å². The second-order valence-corrected chi connectivity index (χ2v) is 5.16. The number of nitrogens with zero attached hydrogens (tertiary/aromatic N) is 3. The second kappa shape index (κ2) is 5.73. The van der Waals surface area contributed by atoms with Crippen LogP contribution in [-0.2, 0) is 11.4 Å². The molecule has 0 aliphatic carbocycles. The third-order valence-corrected chi connectivity index (χ3v) is 3.77. The van der Waals surface area contributed by atoms with Crippen LogP contribution in [0.15, 0.2) is 35.3 Å². The Hall–Kier alpha value is -1.72. The molecule has 2 heterocycles. The van der Waals surface area contributed by atoms with Crippen LogP contribution in [0.2, 0.25) is 0 Å². The lowest BCUT2D eigenvalue weighted by Crippen LogP contribution is -2.44. The molecule has 1 fully saturated rings. The van der Waals surface area contributed by atoms with Crippen molar-refractivity contribution in [2.75, 3.05) is 19.7 Å². The van der Waals surface area contributed by atoms with E-state index in [4.69, 9.17) is 4.74 Å². The van der Waals surface area contributed by atoms with Gasteiger partial charge in [-0.05, 0) is 12.5 Å². The summed E-state index contributed by atoms with van der Waals surface area (Å²) in [6.07, 6.45) is 3.02. The summed E-state index contributed by atoms with van der Waals surface area (Å²) < 4.78 is 7.19. The maximum absolute atomic E-state index is 12.4. The van der Waals surface area contributed by atoms with Crippen molar-refractivity contribution in [3.05, 3.63) is 40.8 Å². The number of morpholine rings is 1. The number of fused-ring (bicyclic) bond motifs is 1. The zero-order valence-corrected chi connectivity index (χ0v) is 11.7. The standard InChI is InChI=1S/C15H19N3O2/c1-2-13-10-17(7-8-20-13)11-18-15(19)14-6-4-3-5-12(14)9-16-18/h3-6,9,13H,2,7-8,10-11H2,1H3/t13-/m1/s1. The van der Waals surface area contributed by atoms with E-state index in [1.165, 1.54) is 0 Å². The van der Waals surface area contributed by atoms with E-state index in [0.29, 0.717) is 6.67 Å². The highest BCUT2D eigenvalue weighted by atomic mass is 16.5. The minimum atomic E-state index is -0.0253. The largest absolute Gasteiger partial charge is 0.376 e. The van der Waals surface area contributed by atoms with Gasteiger partial charge in [0.15, 0.2) is 0 Å². The smallest absolute Gasteiger partial charge is 0.275 e. The van der Waals surface area contributed by atoms with E-state index in [1.807, 2.05) is 24.3 Å². The Morgan fingerprint density at radius 2 is 2.25 bits per heavy atom. The molecule has 5 nitrogen and oxygen atoms in total. The third kappa shape index (κ3) is 2.59. The molecule has 0 unspecified atom stereocenters. The molecule has 0 N–H and O–H groups in total. The molecule has 20 heavy (non-hydrogen) atoms. The van der Waals surface area contributed by atoms with Crippen molar-refractivity contribution in [3.8, 4) is 0 Å². The maximum Gasteiger partial charge on any atom is 0.275 e. The molecule has 106 valence electrons. The zero-order valence-electron chi connectivity index (χ0n) is 11.7. The molecule has 0 spiro atoms. The van der Waals surface area contributed by atoms with E-state index in [-0.39, 0.29) is 11.7 Å². The van der Waals surface area contributed by atoms with Crippen LogP contribution in [0.3, 0.4) is 0 Å². The van der Waals surface area contributed by atoms with E-state index in [1.54, 1.807) is 10.9 Å². The highest BCUT2D eigenvalue weighted by molar-refractivity contribution is 5.80. The summed E-state index contributed by atoms with van der Waals surface area (Å²) in [5, 5.41) is 5.89. The quantitative estimate of drug-likeness (QED) is 0.849. The van der Waals surface area contributed by atoms with Crippen LogP contribution < -0.4 is 5.56 Å². The van der Waals surface area contributed by atoms with E-state index in [9.17, 15) is 4.79 Å². The summed E-state index contributed by atoms with van der Waals surface area (Å²) in [5.41, 5.74) is -0.0253. The normalized spacial score (nSPS) is 20.4. The van der Waals surface area contributed by atoms with Gasteiger partial charge in [0, 0.05) is 18.5 Å². The second-order valence-electron chi connectivity index (χ2n) is 5.16. The molecular formula is C15H19N3O2. The molecule has 5 heteroatoms. The summed E-state index contributed by atoms with van der Waals surface area (Å²) in [7, 11) is 0. The van der Waals surface area contributed by atoms with Gasteiger partial charge in [0.25, 0.3) is 5.56 Å². The molecule has 0 bridgehead atoms. The Morgan fingerprint density at radius 3 is 3.10 bits per heavy atom. The van der Waals surface area contributed by atoms with Gasteiger partial charge in [0.1, 0.15) is 0 Å². The molecule has 2 aromatic rings. The number of hydrogen-bond acceptors (Lipinski definition) is 4. The average molecular weight is 273 g/mol. The van der Waals surface area contributed by atoms with Crippen molar-refractivity contribution in [1.29, 1.82) is 0 Å². The van der Waals surface area contributed by atoms with Gasteiger partial charge in [0.2, 0.25) is 0 Å². The highest BCUT2D eigenvalue weighted by Crippen LogP contribution is 2.10. The minimum absolute atomic E-state index is 0.0253. The van der Waals surface area contributed by atoms with Crippen molar-refractivity contribution in [2.45, 2.75) is 26.1 Å². The molecule has 1 aromatic heterocycles. The first-order chi connectivity index (χ1) is 9.78. The molecule has 0 amide bonds. The summed E-state index contributed by atoms with van der Waals surface area (Å²) >= 11 is 0. The fourth-order valence-corrected chi connectivity index (χ4v) is 2.57. The van der Waals surface area contributed by atoms with E-state index in [2.05, 4.69) is 16.9 Å². The lowest BCUT2D eigenvalue weighted by molar-refractivity contribution is -0.0415. The van der Waals surface area contributed by atoms with E-state index < -0.39 is 0 Å². The van der Waals surface area contributed by atoms with Crippen LogP contribution >= 0.6 is 0 Å². The molecule has 0 radical (unpaired) electrons. The molecule has 1 aliphatic heterocycles. The van der Waals surface area contributed by atoms with Crippen LogP contribution in [0.25, 0.3) is 10.8 Å². The van der Waals surface area contributed by atoms with Gasteiger partial charge in [-0.25, -0.2) is 4.68 Å². The number of benzene rings is 1. The Kier molecular flexibility index (Phi) is 3.80. The number of rotatable bonds is 3. The Morgan fingerprint density at radius 1 is 1.40 bits per heavy atom. The first-order valence-electron chi connectivity index (χ1n) is 7.06. The monoisotopic (exact) mass is 273 g/mol. The van der Waals surface area contributed by atoms with Crippen molar-refractivity contribution < 1.29 is 4.74 Å². The first-order valence-corrected chi connectivity index (χ1v) is 7.06. The molecule has 3 rings (SSSR count). The van der Waals surface area contributed by atoms with Crippen LogP contribution in [0.4, 0.5) is 0 Å². The van der Waals surface area contributed by atoms with Crippen molar-refractivity contribution in [3.63, 3.8) is 0 Å². The van der Waals surface area contributed by atoms with Gasteiger partial charge in [-0.1, -0.05) is 25.1 Å². The van der Waals surface area contributed by atoms with Crippen molar-refractivity contribution >= 4 is 10.8 Å². The third-order valence-electron chi connectivity index (χ3n) is 3.77. The predicted molar refractivity (Wildman–Crippen MR) is 77.6 cm³/mol. The Balaban J connectivity index is 1.84. The topological polar surface area (TPSA) is 47.4 Å². The van der Waals surface area contributed by atoms with Gasteiger partial charge in [-0.3, -0.25) is 9.69 Å². The highest BCUT2D eigenvalue weighted by Gasteiger charge is 2.19. The fraction of sp³-hybridized carbons (Fsp3) is 0.467. The van der Waals surface area contributed by atoms with Gasteiger partial charge in [0.05, 0.1) is 31.0 Å². The number of ether oxygens (including phenoxy) is 1. The first kappa shape index (κ1) is 13.3. The van der Waals surface area contributed by atoms with Crippen LogP contribution in [-0.4, -0.2) is 40.5 Å². The summed E-state index contributed by atoms with van der Waals surface area (Å²) in [6.45, 7) is 5.08. The minimum Gasteiger partial charge on any atom is -0.376 e. The zero-order chi connectivity index (χ0) is 13.9. The molecule has 1 aliphatic rings. The molecule has 0 saturated carbocycles. The van der Waals surface area contributed by atoms with Crippen molar-refractivity contribution in [1.82, 2.24) is 14.7 Å². The van der Waals surface area contributed by atoms with E-state index in [0.717, 1.165) is 36.9 Å². The maximum atomic E-state index is 12.4.